The average Bonchev–Trinajstić information content (AvgIpc) is 3.23. The van der Waals surface area contributed by atoms with Crippen molar-refractivity contribution in [1.29, 1.82) is 0 Å². The number of carbonyl (C=O) groups is 1. The van der Waals surface area contributed by atoms with Gasteiger partial charge in [-0.25, -0.2) is 4.98 Å². The summed E-state index contributed by atoms with van der Waals surface area (Å²) in [6.45, 7) is 9.00. The number of imidazole rings is 1. The second-order valence-corrected chi connectivity index (χ2v) is 8.85. The van der Waals surface area contributed by atoms with Crippen molar-refractivity contribution in [3.8, 4) is 0 Å². The predicted octanol–water partition coefficient (Wildman–Crippen LogP) is 2.95. The third kappa shape index (κ3) is 4.03. The Morgan fingerprint density at radius 3 is 2.87 bits per heavy atom. The largest absolute Gasteiger partial charge is 0.392 e. The maximum Gasteiger partial charge on any atom is 0.254 e. The van der Waals surface area contributed by atoms with E-state index in [2.05, 4.69) is 28.3 Å². The first kappa shape index (κ1) is 21.1. The number of rotatable bonds is 5. The number of hydrogen-bond acceptors (Lipinski definition) is 4. The standard InChI is InChI=1S/C24H34N4O2/c1-3-19-8-5-6-9-20(19)23(30)28-13-7-11-24(18-28)17-26(14-10-21(24)29)16-22-25-12-15-27(22)4-2/h5-6,8-9,12,15,21,29H,3-4,7,10-11,13-14,16-18H2,1-2H3/t21?,24-/m1/s1. The first-order valence-electron chi connectivity index (χ1n) is 11.3. The normalized spacial score (nSPS) is 25.0. The second kappa shape index (κ2) is 8.90. The molecule has 2 aromatic rings. The van der Waals surface area contributed by atoms with Gasteiger partial charge in [0.2, 0.25) is 0 Å². The molecule has 0 radical (unpaired) electrons. The number of nitrogens with zero attached hydrogens (tertiary/aromatic N) is 4. The van der Waals surface area contributed by atoms with E-state index < -0.39 is 0 Å². The first-order valence-corrected chi connectivity index (χ1v) is 11.3. The molecule has 3 heterocycles. The molecule has 1 spiro atoms. The Hall–Kier alpha value is -2.18. The van der Waals surface area contributed by atoms with E-state index in [9.17, 15) is 9.90 Å². The Labute approximate surface area is 179 Å². The minimum absolute atomic E-state index is 0.109. The summed E-state index contributed by atoms with van der Waals surface area (Å²) in [6.07, 6.45) is 7.02. The van der Waals surface area contributed by atoms with E-state index in [1.165, 1.54) is 0 Å². The van der Waals surface area contributed by atoms with E-state index in [0.717, 1.165) is 75.4 Å². The molecule has 0 aliphatic carbocycles. The molecule has 1 amide bonds. The molecule has 1 aromatic carbocycles. The zero-order chi connectivity index (χ0) is 21.1. The van der Waals surface area contributed by atoms with Crippen LogP contribution in [-0.4, -0.2) is 62.6 Å². The van der Waals surface area contributed by atoms with Crippen LogP contribution in [0.25, 0.3) is 0 Å². The molecule has 2 aliphatic heterocycles. The van der Waals surface area contributed by atoms with Crippen LogP contribution >= 0.6 is 0 Å². The molecule has 162 valence electrons. The minimum atomic E-state index is -0.364. The van der Waals surface area contributed by atoms with Gasteiger partial charge in [-0.15, -0.1) is 0 Å². The van der Waals surface area contributed by atoms with Crippen LogP contribution in [0.4, 0.5) is 0 Å². The van der Waals surface area contributed by atoms with Crippen molar-refractivity contribution in [2.24, 2.45) is 5.41 Å². The number of aliphatic hydroxyl groups excluding tert-OH is 1. The van der Waals surface area contributed by atoms with Gasteiger partial charge in [-0.1, -0.05) is 25.1 Å². The summed E-state index contributed by atoms with van der Waals surface area (Å²) >= 11 is 0. The molecule has 0 bridgehead atoms. The topological polar surface area (TPSA) is 61.6 Å². The Kier molecular flexibility index (Phi) is 6.25. The highest BCUT2D eigenvalue weighted by atomic mass is 16.3. The average molecular weight is 411 g/mol. The second-order valence-electron chi connectivity index (χ2n) is 8.85. The number of amides is 1. The van der Waals surface area contributed by atoms with Crippen molar-refractivity contribution < 1.29 is 9.90 Å². The van der Waals surface area contributed by atoms with Gasteiger partial charge in [0, 0.05) is 56.1 Å². The number of aliphatic hydroxyl groups is 1. The zero-order valence-electron chi connectivity index (χ0n) is 18.3. The van der Waals surface area contributed by atoms with Gasteiger partial charge < -0.3 is 14.6 Å². The molecule has 6 heteroatoms. The summed E-state index contributed by atoms with van der Waals surface area (Å²) in [7, 11) is 0. The van der Waals surface area contributed by atoms with Crippen LogP contribution in [0.1, 0.15) is 54.9 Å². The van der Waals surface area contributed by atoms with E-state index in [-0.39, 0.29) is 17.4 Å². The Balaban J connectivity index is 1.51. The molecular weight excluding hydrogens is 376 g/mol. The van der Waals surface area contributed by atoms with Crippen LogP contribution in [0.5, 0.6) is 0 Å². The van der Waals surface area contributed by atoms with E-state index in [1.54, 1.807) is 0 Å². The highest BCUT2D eigenvalue weighted by Crippen LogP contribution is 2.39. The van der Waals surface area contributed by atoms with Crippen molar-refractivity contribution in [3.63, 3.8) is 0 Å². The van der Waals surface area contributed by atoms with E-state index in [0.29, 0.717) is 6.54 Å². The third-order valence-corrected chi connectivity index (χ3v) is 7.00. The maximum atomic E-state index is 13.4. The highest BCUT2D eigenvalue weighted by Gasteiger charge is 2.46. The number of likely N-dealkylation sites (tertiary alicyclic amines) is 2. The van der Waals surface area contributed by atoms with Gasteiger partial charge in [-0.2, -0.15) is 0 Å². The van der Waals surface area contributed by atoms with Crippen LogP contribution in [0.15, 0.2) is 36.7 Å². The molecule has 6 nitrogen and oxygen atoms in total. The van der Waals surface area contributed by atoms with Gasteiger partial charge in [-0.3, -0.25) is 9.69 Å². The van der Waals surface area contributed by atoms with Gasteiger partial charge in [0.1, 0.15) is 5.82 Å². The summed E-state index contributed by atoms with van der Waals surface area (Å²) in [6, 6.07) is 7.92. The molecule has 2 atom stereocenters. The molecule has 2 saturated heterocycles. The molecule has 2 aliphatic rings. The van der Waals surface area contributed by atoms with Crippen LogP contribution < -0.4 is 0 Å². The van der Waals surface area contributed by atoms with Crippen molar-refractivity contribution in [2.75, 3.05) is 26.2 Å². The quantitative estimate of drug-likeness (QED) is 0.823. The molecule has 1 N–H and O–H groups in total. The first-order chi connectivity index (χ1) is 14.6. The van der Waals surface area contributed by atoms with Gasteiger partial charge in [0.05, 0.1) is 12.6 Å². The van der Waals surface area contributed by atoms with Crippen LogP contribution in [0.3, 0.4) is 0 Å². The van der Waals surface area contributed by atoms with Gasteiger partial charge in [0.15, 0.2) is 0 Å². The van der Waals surface area contributed by atoms with Gasteiger partial charge in [-0.05, 0) is 44.2 Å². The monoisotopic (exact) mass is 410 g/mol. The van der Waals surface area contributed by atoms with Gasteiger partial charge >= 0.3 is 0 Å². The summed E-state index contributed by atoms with van der Waals surface area (Å²) in [4.78, 5) is 22.3. The summed E-state index contributed by atoms with van der Waals surface area (Å²) in [5, 5.41) is 11.0. The lowest BCUT2D eigenvalue weighted by Crippen LogP contribution is -2.59. The van der Waals surface area contributed by atoms with E-state index in [1.807, 2.05) is 41.6 Å². The van der Waals surface area contributed by atoms with Crippen LogP contribution in [0, 0.1) is 5.41 Å². The summed E-state index contributed by atoms with van der Waals surface area (Å²) in [5.74, 6) is 1.18. The minimum Gasteiger partial charge on any atom is -0.392 e. The number of benzene rings is 1. The molecular formula is C24H34N4O2. The number of hydrogen-bond donors (Lipinski definition) is 1. The molecule has 1 unspecified atom stereocenters. The lowest BCUT2D eigenvalue weighted by atomic mass is 9.71. The van der Waals surface area contributed by atoms with E-state index in [4.69, 9.17) is 0 Å². The smallest absolute Gasteiger partial charge is 0.254 e. The number of carbonyl (C=O) groups excluding carboxylic acids is 1. The zero-order valence-corrected chi connectivity index (χ0v) is 18.3. The van der Waals surface area contributed by atoms with Crippen molar-refractivity contribution in [3.05, 3.63) is 53.6 Å². The Bertz CT molecular complexity index is 880. The van der Waals surface area contributed by atoms with Crippen LogP contribution in [0.2, 0.25) is 0 Å². The number of aromatic nitrogens is 2. The van der Waals surface area contributed by atoms with E-state index >= 15 is 0 Å². The van der Waals surface area contributed by atoms with Crippen molar-refractivity contribution >= 4 is 5.91 Å². The Morgan fingerprint density at radius 1 is 1.23 bits per heavy atom. The van der Waals surface area contributed by atoms with Crippen molar-refractivity contribution in [2.45, 2.75) is 58.7 Å². The lowest BCUT2D eigenvalue weighted by molar-refractivity contribution is -0.0811. The predicted molar refractivity (Wildman–Crippen MR) is 117 cm³/mol. The highest BCUT2D eigenvalue weighted by molar-refractivity contribution is 5.95. The molecule has 1 aromatic heterocycles. The fraction of sp³-hybridized carbons (Fsp3) is 0.583. The fourth-order valence-corrected chi connectivity index (χ4v) is 5.30. The number of piperidine rings is 2. The van der Waals surface area contributed by atoms with Crippen molar-refractivity contribution in [1.82, 2.24) is 19.4 Å². The summed E-state index contributed by atoms with van der Waals surface area (Å²) < 4.78 is 2.18. The number of aryl methyl sites for hydroxylation is 2. The maximum absolute atomic E-state index is 13.4. The molecule has 4 rings (SSSR count). The Morgan fingerprint density at radius 2 is 2.07 bits per heavy atom. The fourth-order valence-electron chi connectivity index (χ4n) is 5.30. The van der Waals surface area contributed by atoms with Gasteiger partial charge in [0.25, 0.3) is 5.91 Å². The van der Waals surface area contributed by atoms with Crippen LogP contribution in [-0.2, 0) is 19.5 Å². The third-order valence-electron chi connectivity index (χ3n) is 7.00. The summed E-state index contributed by atoms with van der Waals surface area (Å²) in [5.41, 5.74) is 1.65. The lowest BCUT2D eigenvalue weighted by Gasteiger charge is -2.51. The molecule has 30 heavy (non-hydrogen) atoms. The SMILES string of the molecule is CCc1ccccc1C(=O)N1CCC[C@@]2(CN(Cc3nccn3CC)CCC2O)C1. The molecule has 0 saturated carbocycles. The molecule has 2 fully saturated rings.